The Hall–Kier alpha value is -3.14. The number of methoxy groups -OCH3 is 2. The SMILES string of the molecule is COc1ccc2c(c1)OC(c1ccc(OC)cc1OCc1ccccc1)CC2. The molecular formula is C24H24O4. The van der Waals surface area contributed by atoms with Crippen molar-refractivity contribution in [2.45, 2.75) is 25.6 Å². The number of ether oxygens (including phenoxy) is 4. The lowest BCUT2D eigenvalue weighted by atomic mass is 9.96. The van der Waals surface area contributed by atoms with E-state index >= 15 is 0 Å². The van der Waals surface area contributed by atoms with Gasteiger partial charge in [-0.2, -0.15) is 0 Å². The van der Waals surface area contributed by atoms with Crippen LogP contribution in [0.5, 0.6) is 23.0 Å². The molecule has 0 N–H and O–H groups in total. The first-order valence-corrected chi connectivity index (χ1v) is 9.45. The van der Waals surface area contributed by atoms with Gasteiger partial charge in [-0.15, -0.1) is 0 Å². The van der Waals surface area contributed by atoms with E-state index in [0.29, 0.717) is 6.61 Å². The molecule has 0 radical (unpaired) electrons. The minimum absolute atomic E-state index is 0.0729. The lowest BCUT2D eigenvalue weighted by Crippen LogP contribution is -2.16. The van der Waals surface area contributed by atoms with Crippen LogP contribution in [-0.2, 0) is 13.0 Å². The third kappa shape index (κ3) is 3.91. The zero-order valence-corrected chi connectivity index (χ0v) is 16.2. The summed E-state index contributed by atoms with van der Waals surface area (Å²) in [5.74, 6) is 3.24. The van der Waals surface area contributed by atoms with Crippen LogP contribution in [0.25, 0.3) is 0 Å². The summed E-state index contributed by atoms with van der Waals surface area (Å²) >= 11 is 0. The van der Waals surface area contributed by atoms with Gasteiger partial charge in [0.15, 0.2) is 0 Å². The summed E-state index contributed by atoms with van der Waals surface area (Å²) in [6.45, 7) is 0.498. The van der Waals surface area contributed by atoms with E-state index in [2.05, 4.69) is 18.2 Å². The van der Waals surface area contributed by atoms with Crippen LogP contribution >= 0.6 is 0 Å². The molecule has 3 aromatic carbocycles. The van der Waals surface area contributed by atoms with E-state index < -0.39 is 0 Å². The third-order valence-electron chi connectivity index (χ3n) is 5.02. The number of benzene rings is 3. The summed E-state index contributed by atoms with van der Waals surface area (Å²) in [5.41, 5.74) is 3.36. The summed E-state index contributed by atoms with van der Waals surface area (Å²) in [5, 5.41) is 0. The molecule has 0 fully saturated rings. The van der Waals surface area contributed by atoms with Gasteiger partial charge in [0.2, 0.25) is 0 Å². The highest BCUT2D eigenvalue weighted by Crippen LogP contribution is 2.40. The second-order valence-corrected chi connectivity index (χ2v) is 6.80. The van der Waals surface area contributed by atoms with E-state index in [1.807, 2.05) is 48.5 Å². The number of hydrogen-bond acceptors (Lipinski definition) is 4. The Labute approximate surface area is 165 Å². The summed E-state index contributed by atoms with van der Waals surface area (Å²) in [6.07, 6.45) is 1.78. The minimum Gasteiger partial charge on any atom is -0.497 e. The lowest BCUT2D eigenvalue weighted by molar-refractivity contribution is 0.168. The topological polar surface area (TPSA) is 36.9 Å². The van der Waals surface area contributed by atoms with Gasteiger partial charge in [0.05, 0.1) is 14.2 Å². The molecule has 1 atom stereocenters. The van der Waals surface area contributed by atoms with E-state index in [0.717, 1.165) is 47.0 Å². The van der Waals surface area contributed by atoms with Crippen molar-refractivity contribution >= 4 is 0 Å². The summed E-state index contributed by atoms with van der Waals surface area (Å²) < 4.78 is 23.2. The largest absolute Gasteiger partial charge is 0.497 e. The Bertz CT molecular complexity index is 937. The number of hydrogen-bond donors (Lipinski definition) is 0. The molecule has 0 spiro atoms. The highest BCUT2D eigenvalue weighted by atomic mass is 16.5. The van der Waals surface area contributed by atoms with Gasteiger partial charge in [0.1, 0.15) is 35.7 Å². The molecule has 3 aromatic rings. The van der Waals surface area contributed by atoms with Crippen molar-refractivity contribution < 1.29 is 18.9 Å². The predicted molar refractivity (Wildman–Crippen MR) is 108 cm³/mol. The Balaban J connectivity index is 1.59. The molecule has 4 nitrogen and oxygen atoms in total. The van der Waals surface area contributed by atoms with Gasteiger partial charge < -0.3 is 18.9 Å². The van der Waals surface area contributed by atoms with Gasteiger partial charge in [-0.25, -0.2) is 0 Å². The number of aryl methyl sites for hydroxylation is 1. The highest BCUT2D eigenvalue weighted by molar-refractivity contribution is 5.46. The van der Waals surface area contributed by atoms with Crippen molar-refractivity contribution in [1.29, 1.82) is 0 Å². The molecule has 0 saturated heterocycles. The third-order valence-corrected chi connectivity index (χ3v) is 5.02. The second kappa shape index (κ2) is 8.26. The maximum atomic E-state index is 6.33. The Morgan fingerprint density at radius 2 is 1.64 bits per heavy atom. The van der Waals surface area contributed by atoms with E-state index in [-0.39, 0.29) is 6.10 Å². The fourth-order valence-electron chi connectivity index (χ4n) is 3.46. The average Bonchev–Trinajstić information content (AvgIpc) is 2.77. The monoisotopic (exact) mass is 376 g/mol. The predicted octanol–water partition coefficient (Wildman–Crippen LogP) is 5.35. The van der Waals surface area contributed by atoms with E-state index in [1.54, 1.807) is 14.2 Å². The Morgan fingerprint density at radius 3 is 2.43 bits per heavy atom. The smallest absolute Gasteiger partial charge is 0.130 e. The van der Waals surface area contributed by atoms with Crippen molar-refractivity contribution in [3.63, 3.8) is 0 Å². The van der Waals surface area contributed by atoms with Gasteiger partial charge in [-0.05, 0) is 42.2 Å². The van der Waals surface area contributed by atoms with Gasteiger partial charge in [0.25, 0.3) is 0 Å². The zero-order chi connectivity index (χ0) is 19.3. The van der Waals surface area contributed by atoms with Crippen LogP contribution in [0.4, 0.5) is 0 Å². The molecular weight excluding hydrogens is 352 g/mol. The molecule has 144 valence electrons. The molecule has 0 saturated carbocycles. The van der Waals surface area contributed by atoms with Crippen LogP contribution in [-0.4, -0.2) is 14.2 Å². The minimum atomic E-state index is -0.0729. The first-order valence-electron chi connectivity index (χ1n) is 9.45. The first-order chi connectivity index (χ1) is 13.8. The molecule has 1 aliphatic rings. The van der Waals surface area contributed by atoms with Crippen molar-refractivity contribution in [3.8, 4) is 23.0 Å². The van der Waals surface area contributed by atoms with Crippen LogP contribution in [0, 0.1) is 0 Å². The maximum absolute atomic E-state index is 6.33. The summed E-state index contributed by atoms with van der Waals surface area (Å²) in [6, 6.07) is 22.1. The van der Waals surface area contributed by atoms with Crippen LogP contribution in [0.15, 0.2) is 66.7 Å². The Kier molecular flexibility index (Phi) is 5.38. The molecule has 4 heteroatoms. The zero-order valence-electron chi connectivity index (χ0n) is 16.2. The van der Waals surface area contributed by atoms with Gasteiger partial charge in [-0.1, -0.05) is 36.4 Å². The van der Waals surface area contributed by atoms with E-state index in [1.165, 1.54) is 5.56 Å². The van der Waals surface area contributed by atoms with Crippen LogP contribution in [0.2, 0.25) is 0 Å². The van der Waals surface area contributed by atoms with E-state index in [9.17, 15) is 0 Å². The summed E-state index contributed by atoms with van der Waals surface area (Å²) in [7, 11) is 3.33. The molecule has 0 aliphatic carbocycles. The maximum Gasteiger partial charge on any atom is 0.130 e. The lowest BCUT2D eigenvalue weighted by Gasteiger charge is -2.28. The van der Waals surface area contributed by atoms with Crippen molar-refractivity contribution in [2.75, 3.05) is 14.2 Å². The van der Waals surface area contributed by atoms with Crippen molar-refractivity contribution in [2.24, 2.45) is 0 Å². The molecule has 1 aliphatic heterocycles. The van der Waals surface area contributed by atoms with E-state index in [4.69, 9.17) is 18.9 Å². The second-order valence-electron chi connectivity index (χ2n) is 6.80. The molecule has 28 heavy (non-hydrogen) atoms. The first kappa shape index (κ1) is 18.2. The molecule has 4 rings (SSSR count). The molecule has 1 unspecified atom stereocenters. The normalized spacial score (nSPS) is 15.3. The van der Waals surface area contributed by atoms with Crippen LogP contribution in [0.3, 0.4) is 0 Å². The average molecular weight is 376 g/mol. The van der Waals surface area contributed by atoms with Gasteiger partial charge in [0, 0.05) is 17.7 Å². The Morgan fingerprint density at radius 1 is 0.893 bits per heavy atom. The van der Waals surface area contributed by atoms with Crippen molar-refractivity contribution in [1.82, 2.24) is 0 Å². The molecule has 0 amide bonds. The van der Waals surface area contributed by atoms with Crippen LogP contribution < -0.4 is 18.9 Å². The fourth-order valence-corrected chi connectivity index (χ4v) is 3.46. The number of rotatable bonds is 6. The molecule has 0 bridgehead atoms. The molecule has 1 heterocycles. The van der Waals surface area contributed by atoms with Gasteiger partial charge in [-0.3, -0.25) is 0 Å². The van der Waals surface area contributed by atoms with Gasteiger partial charge >= 0.3 is 0 Å². The molecule has 0 aromatic heterocycles. The fraction of sp³-hybridized carbons (Fsp3) is 0.250. The standard InChI is InChI=1S/C24H24O4/c1-25-19-10-8-18-9-13-22(28-23(18)14-19)21-12-11-20(26-2)15-24(21)27-16-17-6-4-3-5-7-17/h3-8,10-12,14-15,22H,9,13,16H2,1-2H3. The summed E-state index contributed by atoms with van der Waals surface area (Å²) in [4.78, 5) is 0. The quantitative estimate of drug-likeness (QED) is 0.581. The number of fused-ring (bicyclic) bond motifs is 1. The highest BCUT2D eigenvalue weighted by Gasteiger charge is 2.25. The van der Waals surface area contributed by atoms with Crippen molar-refractivity contribution in [3.05, 3.63) is 83.4 Å². The van der Waals surface area contributed by atoms with Crippen LogP contribution in [0.1, 0.15) is 29.2 Å².